The average molecular weight is 281 g/mol. The number of nitrogens with one attached hydrogen (secondary N) is 1. The molecule has 2 atom stereocenters. The maximum atomic E-state index is 9.43. The second-order valence-corrected chi connectivity index (χ2v) is 4.80. The fourth-order valence-corrected chi connectivity index (χ4v) is 2.41. The Bertz CT molecular complexity index is 387. The van der Waals surface area contributed by atoms with Gasteiger partial charge in [-0.2, -0.15) is 0 Å². The van der Waals surface area contributed by atoms with Crippen molar-refractivity contribution in [3.63, 3.8) is 0 Å². The number of likely N-dealkylation sites (N-methyl/N-ethyl adjacent to an activating group) is 2. The summed E-state index contributed by atoms with van der Waals surface area (Å²) < 4.78 is 5.34. The van der Waals surface area contributed by atoms with Crippen molar-refractivity contribution in [2.75, 3.05) is 33.4 Å². The lowest BCUT2D eigenvalue weighted by atomic mass is 10.1. The molecule has 114 valence electrons. The minimum Gasteiger partial charge on any atom is -0.481 e. The van der Waals surface area contributed by atoms with Gasteiger partial charge in [0.1, 0.15) is 0 Å². The van der Waals surface area contributed by atoms with Gasteiger partial charge < -0.3 is 15.2 Å². The number of nitrogens with zero attached hydrogens (tertiary/aromatic N) is 2. The summed E-state index contributed by atoms with van der Waals surface area (Å²) in [4.78, 5) is 6.57. The van der Waals surface area contributed by atoms with Crippen molar-refractivity contribution in [2.45, 2.75) is 32.9 Å². The molecule has 0 aliphatic carbocycles. The molecular formula is C15H27N3O2. The third-order valence-electron chi connectivity index (χ3n) is 3.57. The van der Waals surface area contributed by atoms with E-state index >= 15 is 0 Å². The first-order chi connectivity index (χ1) is 9.67. The van der Waals surface area contributed by atoms with Crippen LogP contribution >= 0.6 is 0 Å². The third-order valence-corrected chi connectivity index (χ3v) is 3.57. The van der Waals surface area contributed by atoms with Crippen LogP contribution in [0.5, 0.6) is 5.88 Å². The lowest BCUT2D eigenvalue weighted by Crippen LogP contribution is -2.44. The van der Waals surface area contributed by atoms with Crippen molar-refractivity contribution in [3.05, 3.63) is 23.9 Å². The Hall–Kier alpha value is -1.17. The number of ether oxygens (including phenoxy) is 1. The molecule has 0 aromatic carbocycles. The van der Waals surface area contributed by atoms with E-state index in [1.54, 1.807) is 13.3 Å². The highest BCUT2D eigenvalue weighted by atomic mass is 16.5. The number of aliphatic hydroxyl groups excluding tert-OH is 1. The lowest BCUT2D eigenvalue weighted by molar-refractivity contribution is 0.155. The SMILES string of the molecule is CCN[C@@H](CO)CN(CC)[C@@H](C)c1cccnc1OC. The van der Waals surface area contributed by atoms with E-state index in [-0.39, 0.29) is 18.7 Å². The standard InChI is InChI=1S/C15H27N3O2/c1-5-16-13(11-19)10-18(6-2)12(3)14-8-7-9-17-15(14)20-4/h7-9,12-13,16,19H,5-6,10-11H2,1-4H3/t12-,13+/m0/s1. The van der Waals surface area contributed by atoms with Crippen molar-refractivity contribution in [1.82, 2.24) is 15.2 Å². The van der Waals surface area contributed by atoms with Gasteiger partial charge >= 0.3 is 0 Å². The number of aliphatic hydroxyl groups is 1. The van der Waals surface area contributed by atoms with Gasteiger partial charge in [0.05, 0.1) is 13.7 Å². The summed E-state index contributed by atoms with van der Waals surface area (Å²) in [7, 11) is 1.64. The van der Waals surface area contributed by atoms with Crippen LogP contribution < -0.4 is 10.1 Å². The first kappa shape index (κ1) is 16.9. The number of hydrogen-bond acceptors (Lipinski definition) is 5. The van der Waals surface area contributed by atoms with Gasteiger partial charge in [-0.25, -0.2) is 4.98 Å². The van der Waals surface area contributed by atoms with Crippen LogP contribution in [0, 0.1) is 0 Å². The monoisotopic (exact) mass is 281 g/mol. The fourth-order valence-electron chi connectivity index (χ4n) is 2.41. The molecule has 5 heteroatoms. The van der Waals surface area contributed by atoms with Gasteiger partial charge in [0.25, 0.3) is 0 Å². The maximum Gasteiger partial charge on any atom is 0.217 e. The van der Waals surface area contributed by atoms with Gasteiger partial charge in [-0.3, -0.25) is 4.90 Å². The number of methoxy groups -OCH3 is 1. The van der Waals surface area contributed by atoms with E-state index in [0.29, 0.717) is 5.88 Å². The second kappa shape index (κ2) is 8.89. The van der Waals surface area contributed by atoms with Crippen molar-refractivity contribution < 1.29 is 9.84 Å². The summed E-state index contributed by atoms with van der Waals surface area (Å²) >= 11 is 0. The summed E-state index contributed by atoms with van der Waals surface area (Å²) in [5.41, 5.74) is 1.07. The Morgan fingerprint density at radius 3 is 2.75 bits per heavy atom. The van der Waals surface area contributed by atoms with Gasteiger partial charge in [0, 0.05) is 30.4 Å². The molecule has 1 rings (SSSR count). The molecule has 0 radical (unpaired) electrons. The van der Waals surface area contributed by atoms with Gasteiger partial charge in [0.15, 0.2) is 0 Å². The summed E-state index contributed by atoms with van der Waals surface area (Å²) in [6.07, 6.45) is 1.74. The normalized spacial score (nSPS) is 14.3. The predicted molar refractivity (Wildman–Crippen MR) is 81.0 cm³/mol. The van der Waals surface area contributed by atoms with E-state index in [2.05, 4.69) is 29.0 Å². The van der Waals surface area contributed by atoms with E-state index in [0.717, 1.165) is 25.2 Å². The Morgan fingerprint density at radius 1 is 1.45 bits per heavy atom. The molecule has 5 nitrogen and oxygen atoms in total. The molecule has 0 amide bonds. The van der Waals surface area contributed by atoms with Crippen LogP contribution in [0.4, 0.5) is 0 Å². The molecule has 2 N–H and O–H groups in total. The van der Waals surface area contributed by atoms with Crippen molar-refractivity contribution in [1.29, 1.82) is 0 Å². The van der Waals surface area contributed by atoms with Crippen LogP contribution in [-0.2, 0) is 0 Å². The third kappa shape index (κ3) is 4.44. The van der Waals surface area contributed by atoms with E-state index in [4.69, 9.17) is 4.74 Å². The Balaban J connectivity index is 2.82. The number of rotatable bonds is 9. The minimum absolute atomic E-state index is 0.0880. The maximum absolute atomic E-state index is 9.43. The highest BCUT2D eigenvalue weighted by Gasteiger charge is 2.21. The largest absolute Gasteiger partial charge is 0.481 e. The molecule has 0 aliphatic heterocycles. The second-order valence-electron chi connectivity index (χ2n) is 4.80. The molecule has 0 fully saturated rings. The first-order valence-corrected chi connectivity index (χ1v) is 7.25. The van der Waals surface area contributed by atoms with Crippen LogP contribution in [0.15, 0.2) is 18.3 Å². The van der Waals surface area contributed by atoms with Crippen molar-refractivity contribution >= 4 is 0 Å². The summed E-state index contributed by atoms with van der Waals surface area (Å²) in [5.74, 6) is 0.669. The van der Waals surface area contributed by atoms with Gasteiger partial charge in [0.2, 0.25) is 5.88 Å². The summed E-state index contributed by atoms with van der Waals surface area (Å²) in [6.45, 7) is 9.01. The molecule has 0 unspecified atom stereocenters. The van der Waals surface area contributed by atoms with Gasteiger partial charge in [-0.15, -0.1) is 0 Å². The first-order valence-electron chi connectivity index (χ1n) is 7.25. The Labute approximate surface area is 122 Å². The van der Waals surface area contributed by atoms with Gasteiger partial charge in [-0.05, 0) is 26.1 Å². The molecule has 0 bridgehead atoms. The molecule has 1 heterocycles. The van der Waals surface area contributed by atoms with Crippen LogP contribution in [0.2, 0.25) is 0 Å². The molecule has 1 aromatic rings. The molecular weight excluding hydrogens is 254 g/mol. The minimum atomic E-state index is 0.0880. The zero-order chi connectivity index (χ0) is 15.0. The molecule has 0 saturated heterocycles. The fraction of sp³-hybridized carbons (Fsp3) is 0.667. The van der Waals surface area contributed by atoms with E-state index < -0.39 is 0 Å². The average Bonchev–Trinajstić information content (AvgIpc) is 2.50. The molecule has 0 aliphatic rings. The Kier molecular flexibility index (Phi) is 7.51. The number of hydrogen-bond donors (Lipinski definition) is 2. The number of aromatic nitrogens is 1. The quantitative estimate of drug-likeness (QED) is 0.717. The molecule has 1 aromatic heterocycles. The molecule has 0 saturated carbocycles. The summed E-state index contributed by atoms with van der Waals surface area (Å²) in [6, 6.07) is 4.25. The number of pyridine rings is 1. The highest BCUT2D eigenvalue weighted by molar-refractivity contribution is 5.28. The summed E-state index contributed by atoms with van der Waals surface area (Å²) in [5, 5.41) is 12.7. The van der Waals surface area contributed by atoms with Gasteiger partial charge in [-0.1, -0.05) is 19.9 Å². The van der Waals surface area contributed by atoms with Crippen LogP contribution in [0.3, 0.4) is 0 Å². The van der Waals surface area contributed by atoms with E-state index in [9.17, 15) is 5.11 Å². The van der Waals surface area contributed by atoms with Crippen LogP contribution in [0.1, 0.15) is 32.4 Å². The highest BCUT2D eigenvalue weighted by Crippen LogP contribution is 2.26. The van der Waals surface area contributed by atoms with E-state index in [1.165, 1.54) is 0 Å². The van der Waals surface area contributed by atoms with E-state index in [1.807, 2.05) is 19.1 Å². The van der Waals surface area contributed by atoms with Crippen molar-refractivity contribution in [2.24, 2.45) is 0 Å². The van der Waals surface area contributed by atoms with Crippen LogP contribution in [0.25, 0.3) is 0 Å². The smallest absolute Gasteiger partial charge is 0.217 e. The molecule has 20 heavy (non-hydrogen) atoms. The van der Waals surface area contributed by atoms with Crippen LogP contribution in [-0.4, -0.2) is 54.4 Å². The van der Waals surface area contributed by atoms with Crippen molar-refractivity contribution in [3.8, 4) is 5.88 Å². The zero-order valence-electron chi connectivity index (χ0n) is 13.0. The topological polar surface area (TPSA) is 57.6 Å². The Morgan fingerprint density at radius 2 is 2.20 bits per heavy atom. The lowest BCUT2D eigenvalue weighted by Gasteiger charge is -2.31. The predicted octanol–water partition coefficient (Wildman–Crippen LogP) is 1.44. The zero-order valence-corrected chi connectivity index (χ0v) is 13.0. The molecule has 0 spiro atoms.